The fourth-order valence-electron chi connectivity index (χ4n) is 1.47. The van der Waals surface area contributed by atoms with E-state index in [9.17, 15) is 4.21 Å². The molecule has 2 rings (SSSR count). The van der Waals surface area contributed by atoms with Gasteiger partial charge in [0.25, 0.3) is 0 Å². The molecule has 0 saturated carbocycles. The highest BCUT2D eigenvalue weighted by molar-refractivity contribution is 7.85. The van der Waals surface area contributed by atoms with E-state index >= 15 is 0 Å². The number of hydrogen-bond acceptors (Lipinski definition) is 4. The summed E-state index contributed by atoms with van der Waals surface area (Å²) in [7, 11) is -1.09. The molecular weight excluding hydrogens is 234 g/mol. The Labute approximate surface area is 102 Å². The van der Waals surface area contributed by atoms with Crippen LogP contribution in [0.4, 0.5) is 5.69 Å². The Kier molecular flexibility index (Phi) is 3.82. The standard InChI is InChI=1S/C12H13N3OS/c13-11-9-15-6-3-12(11)17(16)7-4-10-2-1-5-14-8-10/h1-3,5-6,8-9H,4,7,13H2. The molecule has 0 aliphatic carbocycles. The Balaban J connectivity index is 2.01. The Morgan fingerprint density at radius 1 is 1.18 bits per heavy atom. The Hall–Kier alpha value is -1.75. The average Bonchev–Trinajstić information content (AvgIpc) is 2.38. The summed E-state index contributed by atoms with van der Waals surface area (Å²) in [6.07, 6.45) is 7.36. The normalized spacial score (nSPS) is 12.2. The lowest BCUT2D eigenvalue weighted by Gasteiger charge is -2.04. The topological polar surface area (TPSA) is 68.9 Å². The van der Waals surface area contributed by atoms with Crippen LogP contribution >= 0.6 is 0 Å². The second-order valence-electron chi connectivity index (χ2n) is 3.57. The monoisotopic (exact) mass is 247 g/mol. The molecule has 2 heterocycles. The second kappa shape index (κ2) is 5.54. The van der Waals surface area contributed by atoms with Gasteiger partial charge in [-0.2, -0.15) is 0 Å². The average molecular weight is 247 g/mol. The van der Waals surface area contributed by atoms with Gasteiger partial charge in [0.2, 0.25) is 0 Å². The van der Waals surface area contributed by atoms with Crippen molar-refractivity contribution in [3.05, 3.63) is 48.5 Å². The number of aryl methyl sites for hydroxylation is 1. The minimum atomic E-state index is -1.09. The van der Waals surface area contributed by atoms with E-state index in [1.807, 2.05) is 12.1 Å². The molecule has 4 nitrogen and oxygen atoms in total. The molecule has 2 aromatic heterocycles. The Bertz CT molecular complexity index is 516. The number of pyridine rings is 2. The van der Waals surface area contributed by atoms with Crippen molar-refractivity contribution in [1.82, 2.24) is 9.97 Å². The first-order valence-corrected chi connectivity index (χ1v) is 6.56. The molecule has 0 amide bonds. The van der Waals surface area contributed by atoms with Crippen molar-refractivity contribution in [2.45, 2.75) is 11.3 Å². The lowest BCUT2D eigenvalue weighted by atomic mass is 10.2. The van der Waals surface area contributed by atoms with Gasteiger partial charge in [-0.3, -0.25) is 14.2 Å². The van der Waals surface area contributed by atoms with Crippen LogP contribution in [-0.2, 0) is 17.2 Å². The number of rotatable bonds is 4. The van der Waals surface area contributed by atoms with Crippen LogP contribution in [0, 0.1) is 0 Å². The first kappa shape index (κ1) is 11.7. The van der Waals surface area contributed by atoms with Gasteiger partial charge in [-0.25, -0.2) is 0 Å². The molecule has 0 radical (unpaired) electrons. The van der Waals surface area contributed by atoms with Gasteiger partial charge in [0, 0.05) is 24.3 Å². The molecule has 0 bridgehead atoms. The minimum Gasteiger partial charge on any atom is -0.396 e. The smallest absolute Gasteiger partial charge is 0.0664 e. The molecule has 2 N–H and O–H groups in total. The van der Waals surface area contributed by atoms with Crippen LogP contribution in [0.15, 0.2) is 47.9 Å². The van der Waals surface area contributed by atoms with Crippen molar-refractivity contribution in [2.75, 3.05) is 11.5 Å². The number of nitrogens with zero attached hydrogens (tertiary/aromatic N) is 2. The maximum Gasteiger partial charge on any atom is 0.0664 e. The van der Waals surface area contributed by atoms with Crippen LogP contribution in [0.5, 0.6) is 0 Å². The zero-order chi connectivity index (χ0) is 12.1. The van der Waals surface area contributed by atoms with Crippen molar-refractivity contribution in [1.29, 1.82) is 0 Å². The summed E-state index contributed by atoms with van der Waals surface area (Å²) in [6.45, 7) is 0. The molecule has 0 aromatic carbocycles. The van der Waals surface area contributed by atoms with Gasteiger partial charge in [-0.15, -0.1) is 0 Å². The van der Waals surface area contributed by atoms with E-state index in [0.29, 0.717) is 16.3 Å². The fraction of sp³-hybridized carbons (Fsp3) is 0.167. The molecule has 5 heteroatoms. The van der Waals surface area contributed by atoms with E-state index in [1.165, 1.54) is 6.20 Å². The van der Waals surface area contributed by atoms with Gasteiger partial charge < -0.3 is 5.73 Å². The van der Waals surface area contributed by atoms with Crippen LogP contribution in [0.2, 0.25) is 0 Å². The number of anilines is 1. The van der Waals surface area contributed by atoms with Crippen LogP contribution in [0.1, 0.15) is 5.56 Å². The van der Waals surface area contributed by atoms with E-state index in [4.69, 9.17) is 5.73 Å². The third-order valence-electron chi connectivity index (χ3n) is 2.35. The lowest BCUT2D eigenvalue weighted by Crippen LogP contribution is -2.05. The Morgan fingerprint density at radius 2 is 2.00 bits per heavy atom. The van der Waals surface area contributed by atoms with Crippen molar-refractivity contribution in [3.8, 4) is 0 Å². The predicted molar refractivity (Wildman–Crippen MR) is 67.9 cm³/mol. The van der Waals surface area contributed by atoms with Crippen LogP contribution < -0.4 is 5.73 Å². The zero-order valence-corrected chi connectivity index (χ0v) is 10.1. The molecule has 0 spiro atoms. The highest BCUT2D eigenvalue weighted by atomic mass is 32.2. The quantitative estimate of drug-likeness (QED) is 0.887. The van der Waals surface area contributed by atoms with Gasteiger partial charge in [-0.1, -0.05) is 6.07 Å². The van der Waals surface area contributed by atoms with Crippen LogP contribution in [0.3, 0.4) is 0 Å². The number of aromatic nitrogens is 2. The van der Waals surface area contributed by atoms with Crippen LogP contribution in [0.25, 0.3) is 0 Å². The fourth-order valence-corrected chi connectivity index (χ4v) is 2.64. The second-order valence-corrected chi connectivity index (χ2v) is 5.11. The van der Waals surface area contributed by atoms with E-state index in [0.717, 1.165) is 12.0 Å². The van der Waals surface area contributed by atoms with E-state index in [1.54, 1.807) is 24.7 Å². The number of nitrogens with two attached hydrogens (primary N) is 1. The first-order valence-electron chi connectivity index (χ1n) is 5.24. The SMILES string of the molecule is Nc1cnccc1S(=O)CCc1cccnc1. The molecule has 0 aliphatic rings. The van der Waals surface area contributed by atoms with Crippen molar-refractivity contribution < 1.29 is 4.21 Å². The maximum atomic E-state index is 12.0. The van der Waals surface area contributed by atoms with Gasteiger partial charge in [0.05, 0.1) is 27.6 Å². The van der Waals surface area contributed by atoms with Gasteiger partial charge in [0.1, 0.15) is 0 Å². The largest absolute Gasteiger partial charge is 0.396 e. The van der Waals surface area contributed by atoms with Gasteiger partial charge in [-0.05, 0) is 24.1 Å². The first-order chi connectivity index (χ1) is 8.27. The van der Waals surface area contributed by atoms with Gasteiger partial charge >= 0.3 is 0 Å². The summed E-state index contributed by atoms with van der Waals surface area (Å²) < 4.78 is 12.0. The molecule has 1 atom stereocenters. The minimum absolute atomic E-state index is 0.483. The summed E-state index contributed by atoms with van der Waals surface area (Å²) in [6, 6.07) is 5.55. The van der Waals surface area contributed by atoms with E-state index in [2.05, 4.69) is 9.97 Å². The van der Waals surface area contributed by atoms with Crippen LogP contribution in [-0.4, -0.2) is 19.9 Å². The Morgan fingerprint density at radius 3 is 2.71 bits per heavy atom. The molecule has 0 fully saturated rings. The van der Waals surface area contributed by atoms with Gasteiger partial charge in [0.15, 0.2) is 0 Å². The number of hydrogen-bond donors (Lipinski definition) is 1. The molecule has 0 saturated heterocycles. The van der Waals surface area contributed by atoms with Crippen molar-refractivity contribution >= 4 is 16.5 Å². The molecule has 17 heavy (non-hydrogen) atoms. The third-order valence-corrected chi connectivity index (χ3v) is 3.79. The zero-order valence-electron chi connectivity index (χ0n) is 9.24. The highest BCUT2D eigenvalue weighted by Gasteiger charge is 2.07. The molecule has 1 unspecified atom stereocenters. The third kappa shape index (κ3) is 3.10. The summed E-state index contributed by atoms with van der Waals surface area (Å²) in [5, 5.41) is 0. The molecule has 0 aliphatic heterocycles. The summed E-state index contributed by atoms with van der Waals surface area (Å²) in [4.78, 5) is 8.55. The van der Waals surface area contributed by atoms with E-state index < -0.39 is 10.8 Å². The predicted octanol–water partition coefficient (Wildman–Crippen LogP) is 1.41. The molecule has 88 valence electrons. The van der Waals surface area contributed by atoms with E-state index in [-0.39, 0.29) is 0 Å². The lowest BCUT2D eigenvalue weighted by molar-refractivity contribution is 0.682. The molecular formula is C12H13N3OS. The summed E-state index contributed by atoms with van der Waals surface area (Å²) in [5.74, 6) is 0.542. The maximum absolute atomic E-state index is 12.0. The van der Waals surface area contributed by atoms with Crippen molar-refractivity contribution in [3.63, 3.8) is 0 Å². The number of nitrogen functional groups attached to an aromatic ring is 1. The van der Waals surface area contributed by atoms with Crippen molar-refractivity contribution in [2.24, 2.45) is 0 Å². The summed E-state index contributed by atoms with van der Waals surface area (Å²) in [5.41, 5.74) is 7.28. The highest BCUT2D eigenvalue weighted by Crippen LogP contribution is 2.14. The summed E-state index contributed by atoms with van der Waals surface area (Å²) >= 11 is 0. The molecule has 2 aromatic rings.